The molecule has 0 spiro atoms. The van der Waals surface area contributed by atoms with Crippen LogP contribution in [0.3, 0.4) is 0 Å². The lowest BCUT2D eigenvalue weighted by Crippen LogP contribution is -2.48. The number of carbonyl (C=O) groups is 1. The highest BCUT2D eigenvalue weighted by atomic mass is 32.2. The van der Waals surface area contributed by atoms with Crippen LogP contribution in [0.1, 0.15) is 33.6 Å². The molecule has 1 aromatic carbocycles. The van der Waals surface area contributed by atoms with Crippen molar-refractivity contribution in [2.45, 2.75) is 50.7 Å². The summed E-state index contributed by atoms with van der Waals surface area (Å²) in [7, 11) is -3.57. The van der Waals surface area contributed by atoms with Crippen LogP contribution in [0.5, 0.6) is 0 Å². The van der Waals surface area contributed by atoms with E-state index in [4.69, 9.17) is 9.47 Å². The van der Waals surface area contributed by atoms with Crippen LogP contribution in [-0.2, 0) is 24.3 Å². The van der Waals surface area contributed by atoms with Crippen LogP contribution in [0.2, 0.25) is 0 Å². The maximum Gasteiger partial charge on any atom is 0.243 e. The minimum Gasteiger partial charge on any atom is -0.382 e. The van der Waals surface area contributed by atoms with Crippen molar-refractivity contribution in [2.75, 3.05) is 31.6 Å². The monoisotopic (exact) mass is 384 g/mol. The van der Waals surface area contributed by atoms with Crippen molar-refractivity contribution in [3.8, 4) is 0 Å². The van der Waals surface area contributed by atoms with E-state index in [0.29, 0.717) is 44.8 Å². The van der Waals surface area contributed by atoms with E-state index >= 15 is 0 Å². The molecule has 1 aromatic rings. The summed E-state index contributed by atoms with van der Waals surface area (Å²) in [5.41, 5.74) is 0.578. The zero-order chi connectivity index (χ0) is 19.2. The van der Waals surface area contributed by atoms with Gasteiger partial charge in [0, 0.05) is 38.4 Å². The van der Waals surface area contributed by atoms with Crippen molar-refractivity contribution < 1.29 is 22.7 Å². The molecule has 0 saturated carbocycles. The standard InChI is InChI=1S/C18H28N2O5S/c1-4-24-11-5-6-18(21)19-16-7-9-17(10-8-16)26(22,23)20-12-14(2)25-15(3)13-20/h7-10,14-15H,4-6,11-13H2,1-3H3,(H,19,21). The van der Waals surface area contributed by atoms with Gasteiger partial charge in [0.25, 0.3) is 0 Å². The number of carbonyl (C=O) groups excluding carboxylic acids is 1. The molecule has 0 bridgehead atoms. The number of rotatable bonds is 8. The van der Waals surface area contributed by atoms with Gasteiger partial charge in [-0.3, -0.25) is 4.79 Å². The van der Waals surface area contributed by atoms with Crippen molar-refractivity contribution in [2.24, 2.45) is 0 Å². The molecule has 2 rings (SSSR count). The van der Waals surface area contributed by atoms with Gasteiger partial charge in [-0.15, -0.1) is 0 Å². The van der Waals surface area contributed by atoms with E-state index < -0.39 is 10.0 Å². The molecule has 146 valence electrons. The van der Waals surface area contributed by atoms with Gasteiger partial charge >= 0.3 is 0 Å². The highest BCUT2D eigenvalue weighted by molar-refractivity contribution is 7.89. The second kappa shape index (κ2) is 9.45. The second-order valence-corrected chi connectivity index (χ2v) is 8.39. The SMILES string of the molecule is CCOCCCC(=O)Nc1ccc(S(=O)(=O)N2CC(C)OC(C)C2)cc1. The van der Waals surface area contributed by atoms with E-state index in [0.717, 1.165) is 0 Å². The van der Waals surface area contributed by atoms with Gasteiger partial charge in [0.05, 0.1) is 17.1 Å². The van der Waals surface area contributed by atoms with Crippen molar-refractivity contribution in [1.29, 1.82) is 0 Å². The Balaban J connectivity index is 1.96. The van der Waals surface area contributed by atoms with Gasteiger partial charge in [0.15, 0.2) is 0 Å². The predicted molar refractivity (Wildman–Crippen MR) is 99.6 cm³/mol. The topological polar surface area (TPSA) is 84.9 Å². The van der Waals surface area contributed by atoms with E-state index in [2.05, 4.69) is 5.32 Å². The van der Waals surface area contributed by atoms with E-state index in [1.807, 2.05) is 20.8 Å². The molecule has 26 heavy (non-hydrogen) atoms. The molecule has 7 nitrogen and oxygen atoms in total. The number of benzene rings is 1. The fourth-order valence-corrected chi connectivity index (χ4v) is 4.48. The summed E-state index contributed by atoms with van der Waals surface area (Å²) in [5.74, 6) is -0.115. The van der Waals surface area contributed by atoms with Gasteiger partial charge in [0.1, 0.15) is 0 Å². The Morgan fingerprint density at radius 2 is 1.85 bits per heavy atom. The molecule has 8 heteroatoms. The molecule has 1 fully saturated rings. The zero-order valence-corrected chi connectivity index (χ0v) is 16.4. The third kappa shape index (κ3) is 5.77. The van der Waals surface area contributed by atoms with E-state index in [-0.39, 0.29) is 23.0 Å². The molecule has 0 aliphatic carbocycles. The van der Waals surface area contributed by atoms with Gasteiger partial charge in [0.2, 0.25) is 15.9 Å². The van der Waals surface area contributed by atoms with E-state index in [1.165, 1.54) is 16.4 Å². The molecule has 2 atom stereocenters. The van der Waals surface area contributed by atoms with Crippen LogP contribution in [0.15, 0.2) is 29.2 Å². The Kier molecular flexibility index (Phi) is 7.57. The van der Waals surface area contributed by atoms with Gasteiger partial charge in [-0.2, -0.15) is 4.31 Å². The minimum atomic E-state index is -3.57. The average Bonchev–Trinajstić information content (AvgIpc) is 2.58. The van der Waals surface area contributed by atoms with Crippen molar-refractivity contribution in [3.63, 3.8) is 0 Å². The number of ether oxygens (including phenoxy) is 2. The number of hydrogen-bond donors (Lipinski definition) is 1. The molecule has 1 N–H and O–H groups in total. The maximum atomic E-state index is 12.8. The molecule has 0 aromatic heterocycles. The molecule has 1 heterocycles. The molecule has 1 amide bonds. The first-order valence-corrected chi connectivity index (χ1v) is 10.4. The summed E-state index contributed by atoms with van der Waals surface area (Å²) < 4.78 is 37.8. The third-order valence-electron chi connectivity index (χ3n) is 4.06. The first-order valence-electron chi connectivity index (χ1n) is 8.96. The minimum absolute atomic E-state index is 0.115. The molecule has 2 unspecified atom stereocenters. The van der Waals surface area contributed by atoms with Crippen LogP contribution in [0, 0.1) is 0 Å². The smallest absolute Gasteiger partial charge is 0.243 e. The maximum absolute atomic E-state index is 12.8. The van der Waals surface area contributed by atoms with Crippen LogP contribution in [0.4, 0.5) is 5.69 Å². The summed E-state index contributed by atoms with van der Waals surface area (Å²) >= 11 is 0. The second-order valence-electron chi connectivity index (χ2n) is 6.45. The molecular formula is C18H28N2O5S. The fourth-order valence-electron chi connectivity index (χ4n) is 2.89. The van der Waals surface area contributed by atoms with E-state index in [1.54, 1.807) is 12.1 Å². The normalized spacial score (nSPS) is 21.5. The molecule has 0 radical (unpaired) electrons. The van der Waals surface area contributed by atoms with Crippen LogP contribution >= 0.6 is 0 Å². The van der Waals surface area contributed by atoms with Gasteiger partial charge in [-0.25, -0.2) is 8.42 Å². The van der Waals surface area contributed by atoms with E-state index in [9.17, 15) is 13.2 Å². The molecule has 1 saturated heterocycles. The predicted octanol–water partition coefficient (Wildman–Crippen LogP) is 2.24. The Labute approximate surface area is 155 Å². The lowest BCUT2D eigenvalue weighted by Gasteiger charge is -2.34. The number of sulfonamides is 1. The largest absolute Gasteiger partial charge is 0.382 e. The summed E-state index contributed by atoms with van der Waals surface area (Å²) in [6.07, 6.45) is 0.746. The number of hydrogen-bond acceptors (Lipinski definition) is 5. The van der Waals surface area contributed by atoms with Crippen molar-refractivity contribution in [3.05, 3.63) is 24.3 Å². The zero-order valence-electron chi connectivity index (χ0n) is 15.6. The number of amides is 1. The lowest BCUT2D eigenvalue weighted by molar-refractivity contribution is -0.116. The van der Waals surface area contributed by atoms with Gasteiger partial charge < -0.3 is 14.8 Å². The number of nitrogens with one attached hydrogen (secondary N) is 1. The van der Waals surface area contributed by atoms with Gasteiger partial charge in [-0.1, -0.05) is 0 Å². The highest BCUT2D eigenvalue weighted by Gasteiger charge is 2.32. The number of anilines is 1. The van der Waals surface area contributed by atoms with Crippen LogP contribution in [-0.4, -0.2) is 57.1 Å². The van der Waals surface area contributed by atoms with Crippen LogP contribution in [0.25, 0.3) is 0 Å². The fraction of sp³-hybridized carbons (Fsp3) is 0.611. The molecule has 1 aliphatic heterocycles. The quantitative estimate of drug-likeness (QED) is 0.695. The summed E-state index contributed by atoms with van der Waals surface area (Å²) in [6.45, 7) is 7.50. The number of nitrogens with zero attached hydrogens (tertiary/aromatic N) is 1. The Morgan fingerprint density at radius 3 is 2.42 bits per heavy atom. The van der Waals surface area contributed by atoms with Crippen molar-refractivity contribution >= 4 is 21.6 Å². The first kappa shape index (κ1) is 20.8. The molecular weight excluding hydrogens is 356 g/mol. The third-order valence-corrected chi connectivity index (χ3v) is 5.90. The average molecular weight is 384 g/mol. The lowest BCUT2D eigenvalue weighted by atomic mass is 10.2. The Morgan fingerprint density at radius 1 is 1.23 bits per heavy atom. The van der Waals surface area contributed by atoms with Gasteiger partial charge in [-0.05, 0) is 51.5 Å². The van der Waals surface area contributed by atoms with Crippen molar-refractivity contribution in [1.82, 2.24) is 4.31 Å². The summed E-state index contributed by atoms with van der Waals surface area (Å²) in [5, 5.41) is 2.77. The Hall–Kier alpha value is -1.48. The molecule has 1 aliphatic rings. The Bertz CT molecular complexity index is 680. The summed E-state index contributed by atoms with van der Waals surface area (Å²) in [6, 6.07) is 6.27. The summed E-state index contributed by atoms with van der Waals surface area (Å²) in [4.78, 5) is 12.1. The first-order chi connectivity index (χ1) is 12.3. The number of morpholine rings is 1. The highest BCUT2D eigenvalue weighted by Crippen LogP contribution is 2.22. The van der Waals surface area contributed by atoms with Crippen LogP contribution < -0.4 is 5.32 Å².